The first-order chi connectivity index (χ1) is 8.24. The van der Waals surface area contributed by atoms with Crippen LogP contribution in [0.1, 0.15) is 36.3 Å². The molecule has 1 aliphatic rings. The van der Waals surface area contributed by atoms with Crippen molar-refractivity contribution < 1.29 is 14.3 Å². The van der Waals surface area contributed by atoms with Crippen LogP contribution < -0.4 is 5.73 Å². The third-order valence-corrected chi connectivity index (χ3v) is 2.89. The maximum Gasteiger partial charge on any atom is 0.360 e. The third kappa shape index (κ3) is 2.41. The number of nitrogens with two attached hydrogens (primary N) is 1. The molecule has 0 bridgehead atoms. The van der Waals surface area contributed by atoms with Crippen LogP contribution in [0.4, 0.5) is 5.82 Å². The zero-order chi connectivity index (χ0) is 12.3. The molecule has 0 saturated carbocycles. The molecule has 1 aromatic rings. The molecule has 0 radical (unpaired) electrons. The fourth-order valence-corrected chi connectivity index (χ4v) is 1.98. The van der Waals surface area contributed by atoms with Gasteiger partial charge in [-0.25, -0.2) is 9.78 Å². The van der Waals surface area contributed by atoms with Gasteiger partial charge in [-0.05, 0) is 19.8 Å². The van der Waals surface area contributed by atoms with Crippen molar-refractivity contribution in [3.8, 4) is 0 Å². The molecule has 1 saturated heterocycles. The largest absolute Gasteiger partial charge is 0.461 e. The van der Waals surface area contributed by atoms with Gasteiger partial charge in [-0.15, -0.1) is 0 Å². The van der Waals surface area contributed by atoms with Crippen molar-refractivity contribution in [1.82, 2.24) is 9.55 Å². The molecule has 0 amide bonds. The Morgan fingerprint density at radius 2 is 2.35 bits per heavy atom. The van der Waals surface area contributed by atoms with Gasteiger partial charge < -0.3 is 19.8 Å². The van der Waals surface area contributed by atoms with Gasteiger partial charge in [-0.3, -0.25) is 0 Å². The Hall–Kier alpha value is -1.56. The summed E-state index contributed by atoms with van der Waals surface area (Å²) in [6, 6.07) is 0.263. The highest BCUT2D eigenvalue weighted by Gasteiger charge is 2.22. The summed E-state index contributed by atoms with van der Waals surface area (Å²) in [4.78, 5) is 15.6. The minimum Gasteiger partial charge on any atom is -0.461 e. The summed E-state index contributed by atoms with van der Waals surface area (Å²) in [6.45, 7) is 3.51. The van der Waals surface area contributed by atoms with Gasteiger partial charge >= 0.3 is 5.97 Å². The lowest BCUT2D eigenvalue weighted by Gasteiger charge is -2.24. The summed E-state index contributed by atoms with van der Waals surface area (Å²) in [7, 11) is 0. The van der Waals surface area contributed by atoms with Gasteiger partial charge in [0.25, 0.3) is 0 Å². The average molecular weight is 239 g/mol. The number of hydrogen-bond acceptors (Lipinski definition) is 5. The van der Waals surface area contributed by atoms with Crippen molar-refractivity contribution in [1.29, 1.82) is 0 Å². The Labute approximate surface area is 99.7 Å². The molecule has 94 valence electrons. The molecule has 17 heavy (non-hydrogen) atoms. The molecule has 1 aromatic heterocycles. The summed E-state index contributed by atoms with van der Waals surface area (Å²) in [5, 5.41) is 0. The van der Waals surface area contributed by atoms with Crippen molar-refractivity contribution in [2.24, 2.45) is 0 Å². The molecule has 2 heterocycles. The fraction of sp³-hybridized carbons (Fsp3) is 0.636. The van der Waals surface area contributed by atoms with Crippen LogP contribution in [0.15, 0.2) is 6.33 Å². The molecule has 0 aliphatic carbocycles. The number of rotatable bonds is 3. The van der Waals surface area contributed by atoms with Gasteiger partial charge in [-0.1, -0.05) is 0 Å². The maximum absolute atomic E-state index is 11.6. The Balaban J connectivity index is 2.16. The SMILES string of the molecule is CCOC(=O)c1ncn(C2CCOCC2)c1N. The number of carbonyl (C=O) groups is 1. The van der Waals surface area contributed by atoms with E-state index in [-0.39, 0.29) is 11.7 Å². The molecule has 0 atom stereocenters. The average Bonchev–Trinajstić information content (AvgIpc) is 2.72. The van der Waals surface area contributed by atoms with Crippen LogP contribution in [-0.2, 0) is 9.47 Å². The fourth-order valence-electron chi connectivity index (χ4n) is 1.98. The van der Waals surface area contributed by atoms with Gasteiger partial charge in [0, 0.05) is 19.3 Å². The van der Waals surface area contributed by atoms with Gasteiger partial charge in [0.1, 0.15) is 5.82 Å². The highest BCUT2D eigenvalue weighted by Crippen LogP contribution is 2.25. The summed E-state index contributed by atoms with van der Waals surface area (Å²) in [5.74, 6) is -0.0776. The van der Waals surface area contributed by atoms with E-state index in [0.717, 1.165) is 26.1 Å². The van der Waals surface area contributed by atoms with Crippen molar-refractivity contribution >= 4 is 11.8 Å². The molecular weight excluding hydrogens is 222 g/mol. The second-order valence-electron chi connectivity index (χ2n) is 3.95. The van der Waals surface area contributed by atoms with Crippen LogP contribution in [0.3, 0.4) is 0 Å². The summed E-state index contributed by atoms with van der Waals surface area (Å²) in [6.07, 6.45) is 3.39. The summed E-state index contributed by atoms with van der Waals surface area (Å²) < 4.78 is 12.0. The molecule has 0 spiro atoms. The highest BCUT2D eigenvalue weighted by molar-refractivity contribution is 5.92. The first-order valence-corrected chi connectivity index (χ1v) is 5.81. The van der Waals surface area contributed by atoms with Gasteiger partial charge in [-0.2, -0.15) is 0 Å². The number of ether oxygens (including phenoxy) is 2. The predicted octanol–water partition coefficient (Wildman–Crippen LogP) is 0.993. The molecule has 2 N–H and O–H groups in total. The van der Waals surface area contributed by atoms with E-state index in [2.05, 4.69) is 4.98 Å². The molecule has 6 nitrogen and oxygen atoms in total. The third-order valence-electron chi connectivity index (χ3n) is 2.89. The normalized spacial score (nSPS) is 17.0. The second kappa shape index (κ2) is 5.18. The zero-order valence-electron chi connectivity index (χ0n) is 9.89. The number of imidazole rings is 1. The van der Waals surface area contributed by atoms with E-state index in [9.17, 15) is 4.79 Å². The van der Waals surface area contributed by atoms with Gasteiger partial charge in [0.05, 0.1) is 12.9 Å². The Bertz CT molecular complexity index is 397. The summed E-state index contributed by atoms with van der Waals surface area (Å²) in [5.41, 5.74) is 6.13. The van der Waals surface area contributed by atoms with Crippen molar-refractivity contribution in [3.05, 3.63) is 12.0 Å². The van der Waals surface area contributed by atoms with E-state index in [0.29, 0.717) is 12.4 Å². The number of hydrogen-bond donors (Lipinski definition) is 1. The highest BCUT2D eigenvalue weighted by atomic mass is 16.5. The number of nitrogens with zero attached hydrogens (tertiary/aromatic N) is 2. The number of esters is 1. The lowest BCUT2D eigenvalue weighted by molar-refractivity contribution is 0.0521. The number of carbonyl (C=O) groups excluding carboxylic acids is 1. The second-order valence-corrected chi connectivity index (χ2v) is 3.95. The quantitative estimate of drug-likeness (QED) is 0.796. The van der Waals surface area contributed by atoms with Gasteiger partial charge in [0.2, 0.25) is 0 Å². The van der Waals surface area contributed by atoms with Crippen molar-refractivity contribution in [2.75, 3.05) is 25.6 Å². The van der Waals surface area contributed by atoms with Gasteiger partial charge in [0.15, 0.2) is 5.69 Å². The molecule has 1 fully saturated rings. The van der Waals surface area contributed by atoms with E-state index in [4.69, 9.17) is 15.2 Å². The molecular formula is C11H17N3O3. The Kier molecular flexibility index (Phi) is 3.63. The number of aromatic nitrogens is 2. The molecule has 0 unspecified atom stereocenters. The van der Waals surface area contributed by atoms with E-state index >= 15 is 0 Å². The minimum absolute atomic E-state index is 0.207. The van der Waals surface area contributed by atoms with E-state index < -0.39 is 5.97 Å². The number of nitrogen functional groups attached to an aromatic ring is 1. The van der Waals surface area contributed by atoms with Crippen molar-refractivity contribution in [3.63, 3.8) is 0 Å². The number of anilines is 1. The standard InChI is InChI=1S/C11H17N3O3/c1-2-17-11(15)9-10(12)14(7-13-9)8-3-5-16-6-4-8/h7-8H,2-6,12H2,1H3. The smallest absolute Gasteiger partial charge is 0.360 e. The topological polar surface area (TPSA) is 79.4 Å². The Morgan fingerprint density at radius 3 is 3.00 bits per heavy atom. The lowest BCUT2D eigenvalue weighted by atomic mass is 10.1. The van der Waals surface area contributed by atoms with Crippen LogP contribution in [0, 0.1) is 0 Å². The zero-order valence-corrected chi connectivity index (χ0v) is 9.89. The molecule has 2 rings (SSSR count). The first-order valence-electron chi connectivity index (χ1n) is 5.81. The summed E-state index contributed by atoms with van der Waals surface area (Å²) >= 11 is 0. The van der Waals surface area contributed by atoms with Crippen LogP contribution in [0.25, 0.3) is 0 Å². The lowest BCUT2D eigenvalue weighted by Crippen LogP contribution is -2.20. The van der Waals surface area contributed by atoms with E-state index in [1.807, 2.05) is 4.57 Å². The van der Waals surface area contributed by atoms with E-state index in [1.165, 1.54) is 0 Å². The minimum atomic E-state index is -0.462. The van der Waals surface area contributed by atoms with Crippen LogP contribution >= 0.6 is 0 Å². The van der Waals surface area contributed by atoms with E-state index in [1.54, 1.807) is 13.3 Å². The maximum atomic E-state index is 11.6. The molecule has 0 aromatic carbocycles. The predicted molar refractivity (Wildman–Crippen MR) is 61.7 cm³/mol. The first kappa shape index (κ1) is 11.9. The monoisotopic (exact) mass is 239 g/mol. The van der Waals surface area contributed by atoms with Crippen LogP contribution in [0.2, 0.25) is 0 Å². The van der Waals surface area contributed by atoms with Crippen molar-refractivity contribution in [2.45, 2.75) is 25.8 Å². The molecule has 1 aliphatic heterocycles. The van der Waals surface area contributed by atoms with Crippen LogP contribution in [0.5, 0.6) is 0 Å². The molecule has 6 heteroatoms. The van der Waals surface area contributed by atoms with Crippen LogP contribution in [-0.4, -0.2) is 35.3 Å². The Morgan fingerprint density at radius 1 is 1.65 bits per heavy atom.